The number of pyridine rings is 1. The summed E-state index contributed by atoms with van der Waals surface area (Å²) < 4.78 is 22.0. The molecule has 0 unspecified atom stereocenters. The summed E-state index contributed by atoms with van der Waals surface area (Å²) in [7, 11) is 0. The van der Waals surface area contributed by atoms with Gasteiger partial charge in [0.05, 0.1) is 29.1 Å². The molecule has 0 saturated carbocycles. The summed E-state index contributed by atoms with van der Waals surface area (Å²) in [5.74, 6) is -0.0766. The molecule has 6 nitrogen and oxygen atoms in total. The Bertz CT molecular complexity index is 1240. The van der Waals surface area contributed by atoms with Crippen molar-refractivity contribution in [1.29, 1.82) is 0 Å². The fourth-order valence-electron chi connectivity index (χ4n) is 4.08. The average Bonchev–Trinajstić information content (AvgIpc) is 3.42. The SMILES string of the molecule is CC(C)n1ncc2c(C(=O)N3CCCc4cccc(F)c43)cc(-c3ccco3)nc21. The molecule has 1 amide bonds. The fraction of sp³-hybridized carbons (Fsp3) is 0.261. The van der Waals surface area contributed by atoms with Crippen molar-refractivity contribution in [1.82, 2.24) is 14.8 Å². The Morgan fingerprint density at radius 3 is 2.87 bits per heavy atom. The van der Waals surface area contributed by atoms with Gasteiger partial charge in [0.25, 0.3) is 5.91 Å². The van der Waals surface area contributed by atoms with Crippen molar-refractivity contribution in [2.24, 2.45) is 0 Å². The van der Waals surface area contributed by atoms with Crippen LogP contribution in [0.3, 0.4) is 0 Å². The van der Waals surface area contributed by atoms with E-state index in [2.05, 4.69) is 5.10 Å². The van der Waals surface area contributed by atoms with Crippen molar-refractivity contribution in [3.63, 3.8) is 0 Å². The van der Waals surface area contributed by atoms with Gasteiger partial charge in [-0.1, -0.05) is 12.1 Å². The number of carbonyl (C=O) groups is 1. The second kappa shape index (κ2) is 7.09. The van der Waals surface area contributed by atoms with Gasteiger partial charge in [-0.05, 0) is 56.5 Å². The van der Waals surface area contributed by atoms with Gasteiger partial charge >= 0.3 is 0 Å². The van der Waals surface area contributed by atoms with Crippen molar-refractivity contribution >= 4 is 22.6 Å². The molecule has 5 rings (SSSR count). The van der Waals surface area contributed by atoms with Crippen LogP contribution < -0.4 is 4.90 Å². The topological polar surface area (TPSA) is 64.2 Å². The van der Waals surface area contributed by atoms with Crippen LogP contribution in [0.15, 0.2) is 53.3 Å². The van der Waals surface area contributed by atoms with E-state index in [9.17, 15) is 9.18 Å². The number of furan rings is 1. The molecule has 152 valence electrons. The summed E-state index contributed by atoms with van der Waals surface area (Å²) >= 11 is 0. The Hall–Kier alpha value is -3.48. The molecular formula is C23H21FN4O2. The molecule has 0 atom stereocenters. The number of fused-ring (bicyclic) bond motifs is 2. The highest BCUT2D eigenvalue weighted by Gasteiger charge is 2.29. The molecule has 1 aliphatic heterocycles. The standard InChI is InChI=1S/C23H21FN4O2/c1-14(2)28-22-17(13-25-28)16(12-19(26-22)20-9-5-11-30-20)23(29)27-10-4-7-15-6-3-8-18(24)21(15)27/h3,5-6,8-9,11-14H,4,7,10H2,1-2H3. The zero-order valence-corrected chi connectivity index (χ0v) is 16.8. The summed E-state index contributed by atoms with van der Waals surface area (Å²) in [6.45, 7) is 4.47. The molecule has 4 heterocycles. The lowest BCUT2D eigenvalue weighted by atomic mass is 9.99. The number of halogens is 1. The van der Waals surface area contributed by atoms with Gasteiger partial charge in [-0.25, -0.2) is 14.1 Å². The van der Waals surface area contributed by atoms with Crippen LogP contribution in [0.4, 0.5) is 10.1 Å². The Kier molecular flexibility index (Phi) is 4.38. The second-order valence-electron chi connectivity index (χ2n) is 7.76. The van der Waals surface area contributed by atoms with E-state index in [1.807, 2.05) is 19.9 Å². The lowest BCUT2D eigenvalue weighted by Crippen LogP contribution is -2.36. The first-order valence-electron chi connectivity index (χ1n) is 10.1. The van der Waals surface area contributed by atoms with E-state index >= 15 is 0 Å². The third-order valence-electron chi connectivity index (χ3n) is 5.47. The molecule has 0 spiro atoms. The predicted octanol–water partition coefficient (Wildman–Crippen LogP) is 5.00. The zero-order valence-electron chi connectivity index (χ0n) is 16.8. The Morgan fingerprint density at radius 1 is 1.23 bits per heavy atom. The van der Waals surface area contributed by atoms with Gasteiger partial charge in [-0.15, -0.1) is 0 Å². The number of benzene rings is 1. The molecule has 0 saturated heterocycles. The van der Waals surface area contributed by atoms with E-state index in [0.717, 1.165) is 18.4 Å². The quantitative estimate of drug-likeness (QED) is 0.482. The molecule has 1 aliphatic rings. The molecule has 4 aromatic rings. The number of aryl methyl sites for hydroxylation is 1. The third kappa shape index (κ3) is 2.89. The predicted molar refractivity (Wildman–Crippen MR) is 112 cm³/mol. The Labute approximate surface area is 172 Å². The molecule has 1 aromatic carbocycles. The van der Waals surface area contributed by atoms with Crippen LogP contribution in [0.25, 0.3) is 22.5 Å². The number of carbonyl (C=O) groups excluding carboxylic acids is 1. The largest absolute Gasteiger partial charge is 0.463 e. The highest BCUT2D eigenvalue weighted by atomic mass is 19.1. The summed E-state index contributed by atoms with van der Waals surface area (Å²) in [6.07, 6.45) is 4.77. The number of para-hydroxylation sites is 1. The van der Waals surface area contributed by atoms with Crippen molar-refractivity contribution in [2.75, 3.05) is 11.4 Å². The molecule has 0 fully saturated rings. The van der Waals surface area contributed by atoms with E-state index in [1.165, 1.54) is 6.07 Å². The highest BCUT2D eigenvalue weighted by Crippen LogP contribution is 2.33. The van der Waals surface area contributed by atoms with E-state index in [0.29, 0.717) is 40.3 Å². The maximum atomic E-state index is 14.7. The molecule has 7 heteroatoms. The number of nitrogens with zero attached hydrogens (tertiary/aromatic N) is 4. The molecule has 0 radical (unpaired) electrons. The van der Waals surface area contributed by atoms with Crippen LogP contribution in [-0.2, 0) is 6.42 Å². The summed E-state index contributed by atoms with van der Waals surface area (Å²) in [5, 5.41) is 5.09. The first kappa shape index (κ1) is 18.5. The Morgan fingerprint density at radius 2 is 2.10 bits per heavy atom. The van der Waals surface area contributed by atoms with Crippen molar-refractivity contribution in [3.05, 3.63) is 65.8 Å². The normalized spacial score (nSPS) is 13.8. The Balaban J connectivity index is 1.71. The summed E-state index contributed by atoms with van der Waals surface area (Å²) in [4.78, 5) is 19.9. The van der Waals surface area contributed by atoms with Gasteiger partial charge in [0, 0.05) is 12.6 Å². The molecule has 0 bridgehead atoms. The van der Waals surface area contributed by atoms with E-state index < -0.39 is 0 Å². The van der Waals surface area contributed by atoms with Crippen molar-refractivity contribution in [2.45, 2.75) is 32.7 Å². The van der Waals surface area contributed by atoms with Crippen LogP contribution in [0, 0.1) is 5.82 Å². The van der Waals surface area contributed by atoms with Gasteiger partial charge in [0.1, 0.15) is 11.5 Å². The van der Waals surface area contributed by atoms with Crippen LogP contribution in [0.5, 0.6) is 0 Å². The molecular weight excluding hydrogens is 383 g/mol. The maximum Gasteiger partial charge on any atom is 0.259 e. The number of aromatic nitrogens is 3. The van der Waals surface area contributed by atoms with Gasteiger partial charge < -0.3 is 9.32 Å². The minimum atomic E-state index is -0.380. The van der Waals surface area contributed by atoms with Gasteiger partial charge in [0.15, 0.2) is 11.4 Å². The van der Waals surface area contributed by atoms with E-state index in [1.54, 1.807) is 46.3 Å². The second-order valence-corrected chi connectivity index (χ2v) is 7.76. The lowest BCUT2D eigenvalue weighted by molar-refractivity contribution is 0.0985. The minimum Gasteiger partial charge on any atom is -0.463 e. The smallest absolute Gasteiger partial charge is 0.259 e. The maximum absolute atomic E-state index is 14.7. The highest BCUT2D eigenvalue weighted by molar-refractivity contribution is 6.14. The fourth-order valence-corrected chi connectivity index (χ4v) is 4.08. The van der Waals surface area contributed by atoms with Crippen LogP contribution in [0.1, 0.15) is 42.2 Å². The first-order valence-corrected chi connectivity index (χ1v) is 10.1. The van der Waals surface area contributed by atoms with Crippen LogP contribution >= 0.6 is 0 Å². The van der Waals surface area contributed by atoms with Crippen LogP contribution in [-0.4, -0.2) is 27.2 Å². The van der Waals surface area contributed by atoms with Gasteiger partial charge in [-0.3, -0.25) is 4.79 Å². The lowest BCUT2D eigenvalue weighted by Gasteiger charge is -2.30. The van der Waals surface area contributed by atoms with Gasteiger partial charge in [0.2, 0.25) is 0 Å². The van der Waals surface area contributed by atoms with E-state index in [4.69, 9.17) is 9.40 Å². The average molecular weight is 404 g/mol. The summed E-state index contributed by atoms with van der Waals surface area (Å²) in [6, 6.07) is 10.3. The monoisotopic (exact) mass is 404 g/mol. The van der Waals surface area contributed by atoms with Crippen molar-refractivity contribution in [3.8, 4) is 11.5 Å². The minimum absolute atomic E-state index is 0.0676. The first-order chi connectivity index (χ1) is 14.5. The van der Waals surface area contributed by atoms with Crippen LogP contribution in [0.2, 0.25) is 0 Å². The zero-order chi connectivity index (χ0) is 20.8. The number of rotatable bonds is 3. The van der Waals surface area contributed by atoms with Crippen molar-refractivity contribution < 1.29 is 13.6 Å². The van der Waals surface area contributed by atoms with Gasteiger partial charge in [-0.2, -0.15) is 5.10 Å². The molecule has 3 aromatic heterocycles. The number of anilines is 1. The third-order valence-corrected chi connectivity index (χ3v) is 5.47. The van der Waals surface area contributed by atoms with E-state index in [-0.39, 0.29) is 17.8 Å². The number of hydrogen-bond donors (Lipinski definition) is 0. The molecule has 30 heavy (non-hydrogen) atoms. The molecule has 0 N–H and O–H groups in total. The number of amides is 1. The number of hydrogen-bond acceptors (Lipinski definition) is 4. The summed E-state index contributed by atoms with van der Waals surface area (Å²) in [5.41, 5.74) is 2.81. The molecule has 0 aliphatic carbocycles.